The van der Waals surface area contributed by atoms with E-state index in [0.717, 1.165) is 12.1 Å². The molecule has 34 heavy (non-hydrogen) atoms. The molecule has 10 heteroatoms. The highest BCUT2D eigenvalue weighted by Gasteiger charge is 2.75. The van der Waals surface area contributed by atoms with Gasteiger partial charge in [0.2, 0.25) is 17.7 Å². The van der Waals surface area contributed by atoms with Crippen LogP contribution in [0.3, 0.4) is 0 Å². The summed E-state index contributed by atoms with van der Waals surface area (Å²) in [5.41, 5.74) is -1.34. The third kappa shape index (κ3) is 2.43. The first-order valence-electron chi connectivity index (χ1n) is 11.0. The Hall–Kier alpha value is -2.91. The van der Waals surface area contributed by atoms with Gasteiger partial charge in [-0.05, 0) is 50.1 Å². The first kappa shape index (κ1) is 21.6. The van der Waals surface area contributed by atoms with Gasteiger partial charge in [-0.2, -0.15) is 13.2 Å². The first-order valence-corrected chi connectivity index (χ1v) is 11.4. The molecule has 0 radical (unpaired) electrons. The van der Waals surface area contributed by atoms with Crippen LogP contribution in [0.4, 0.5) is 24.5 Å². The van der Waals surface area contributed by atoms with E-state index in [1.54, 1.807) is 19.1 Å². The van der Waals surface area contributed by atoms with Gasteiger partial charge >= 0.3 is 6.18 Å². The maximum Gasteiger partial charge on any atom is 0.418 e. The van der Waals surface area contributed by atoms with E-state index in [1.807, 2.05) is 4.90 Å². The third-order valence-electron chi connectivity index (χ3n) is 7.81. The van der Waals surface area contributed by atoms with Crippen molar-refractivity contribution in [2.24, 2.45) is 11.8 Å². The van der Waals surface area contributed by atoms with Gasteiger partial charge in [0.25, 0.3) is 0 Å². The molecule has 1 spiro atoms. The maximum atomic E-state index is 13.9. The number of para-hydroxylation sites is 1. The quantitative estimate of drug-likeness (QED) is 0.612. The third-order valence-corrected chi connectivity index (χ3v) is 8.22. The summed E-state index contributed by atoms with van der Waals surface area (Å²) in [6.07, 6.45) is -3.46. The lowest BCUT2D eigenvalue weighted by molar-refractivity contribution is -0.138. The van der Waals surface area contributed by atoms with Crippen molar-refractivity contribution < 1.29 is 27.6 Å². The molecule has 4 atom stereocenters. The number of anilines is 2. The number of carbonyl (C=O) groups is 3. The van der Waals surface area contributed by atoms with Crippen LogP contribution in [0.15, 0.2) is 36.4 Å². The molecule has 176 valence electrons. The van der Waals surface area contributed by atoms with Gasteiger partial charge < -0.3 is 5.32 Å². The summed E-state index contributed by atoms with van der Waals surface area (Å²) in [7, 11) is 0. The predicted octanol–water partition coefficient (Wildman–Crippen LogP) is 4.10. The Labute approximate surface area is 197 Å². The molecule has 0 aliphatic carbocycles. The Kier molecular flexibility index (Phi) is 4.34. The number of hydrogen-bond donors (Lipinski definition) is 1. The van der Waals surface area contributed by atoms with Crippen molar-refractivity contribution in [2.75, 3.05) is 16.8 Å². The summed E-state index contributed by atoms with van der Waals surface area (Å²) in [4.78, 5) is 43.8. The highest BCUT2D eigenvalue weighted by molar-refractivity contribution is 6.32. The molecular weight excluding hydrogens is 471 g/mol. The van der Waals surface area contributed by atoms with E-state index >= 15 is 0 Å². The molecule has 0 aromatic heterocycles. The van der Waals surface area contributed by atoms with Crippen LogP contribution in [-0.4, -0.2) is 35.2 Å². The molecule has 4 aliphatic rings. The van der Waals surface area contributed by atoms with Gasteiger partial charge in [-0.1, -0.05) is 29.8 Å². The summed E-state index contributed by atoms with van der Waals surface area (Å²) in [6.45, 7) is 2.26. The van der Waals surface area contributed by atoms with Crippen LogP contribution in [-0.2, 0) is 26.1 Å². The summed E-state index contributed by atoms with van der Waals surface area (Å²) < 4.78 is 41.3. The van der Waals surface area contributed by atoms with Crippen LogP contribution in [0.5, 0.6) is 0 Å². The average molecular weight is 490 g/mol. The fourth-order valence-electron chi connectivity index (χ4n) is 6.54. The van der Waals surface area contributed by atoms with Crippen molar-refractivity contribution in [1.82, 2.24) is 4.90 Å². The fraction of sp³-hybridized carbons (Fsp3) is 0.375. The molecule has 6 nitrogen and oxygen atoms in total. The number of fused-ring (bicyclic) bond motifs is 7. The van der Waals surface area contributed by atoms with Crippen LogP contribution in [0.25, 0.3) is 0 Å². The molecule has 2 aromatic carbocycles. The minimum atomic E-state index is -4.75. The average Bonchev–Trinajstić information content (AvgIpc) is 3.49. The number of rotatable bonds is 1. The Morgan fingerprint density at radius 2 is 1.82 bits per heavy atom. The number of halogens is 4. The van der Waals surface area contributed by atoms with Crippen LogP contribution >= 0.6 is 11.6 Å². The van der Waals surface area contributed by atoms with Crippen LogP contribution in [0, 0.1) is 18.8 Å². The fourth-order valence-corrected chi connectivity index (χ4v) is 6.69. The topological polar surface area (TPSA) is 69.7 Å². The zero-order chi connectivity index (χ0) is 24.2. The van der Waals surface area contributed by atoms with Gasteiger partial charge in [0.1, 0.15) is 5.54 Å². The number of amides is 3. The second-order valence-electron chi connectivity index (χ2n) is 9.25. The zero-order valence-corrected chi connectivity index (χ0v) is 18.7. The van der Waals surface area contributed by atoms with Gasteiger partial charge in [0.15, 0.2) is 0 Å². The zero-order valence-electron chi connectivity index (χ0n) is 17.9. The van der Waals surface area contributed by atoms with Gasteiger partial charge in [-0.25, -0.2) is 4.90 Å². The van der Waals surface area contributed by atoms with Crippen LogP contribution in [0.1, 0.15) is 29.5 Å². The number of nitrogens with zero attached hydrogens (tertiary/aromatic N) is 2. The highest BCUT2D eigenvalue weighted by Crippen LogP contribution is 2.61. The number of hydrogen-bond acceptors (Lipinski definition) is 4. The SMILES string of the molecule is Cc1c(Cl)ccc2c1NC(=O)C21C2C(=O)N(c3ccccc3C(F)(F)F)C(=O)C2C2CCCN21. The van der Waals surface area contributed by atoms with Gasteiger partial charge in [0.05, 0.1) is 28.8 Å². The van der Waals surface area contributed by atoms with E-state index < -0.39 is 58.6 Å². The number of benzene rings is 2. The monoisotopic (exact) mass is 489 g/mol. The minimum absolute atomic E-state index is 0.419. The summed E-state index contributed by atoms with van der Waals surface area (Å²) >= 11 is 6.27. The number of nitrogens with one attached hydrogen (secondary N) is 1. The highest BCUT2D eigenvalue weighted by atomic mass is 35.5. The molecule has 4 aliphatic heterocycles. The van der Waals surface area contributed by atoms with Crippen molar-refractivity contribution in [2.45, 2.75) is 37.5 Å². The molecule has 0 saturated carbocycles. The van der Waals surface area contributed by atoms with Crippen molar-refractivity contribution in [3.8, 4) is 0 Å². The van der Waals surface area contributed by atoms with E-state index in [1.165, 1.54) is 12.1 Å². The standard InChI is InChI=1S/C24H19ClF3N3O3/c1-11-14(25)9-8-13-19(11)29-22(34)23(13)18-17(16-7-4-10-30(16)23)20(32)31(21(18)33)15-6-3-2-5-12(15)24(26,27)28/h2-3,5-6,8-9,16-18H,4,7,10H2,1H3,(H,29,34). The Balaban J connectivity index is 1.57. The van der Waals surface area contributed by atoms with Gasteiger partial charge in [-0.3, -0.25) is 19.3 Å². The minimum Gasteiger partial charge on any atom is -0.324 e. The van der Waals surface area contributed by atoms with Gasteiger partial charge in [-0.15, -0.1) is 0 Å². The number of imide groups is 1. The largest absolute Gasteiger partial charge is 0.418 e. The molecule has 0 bridgehead atoms. The summed E-state index contributed by atoms with van der Waals surface area (Å²) in [5, 5.41) is 3.31. The summed E-state index contributed by atoms with van der Waals surface area (Å²) in [6, 6.07) is 7.47. The molecule has 1 N–H and O–H groups in total. The van der Waals surface area contributed by atoms with E-state index in [0.29, 0.717) is 46.1 Å². The lowest BCUT2D eigenvalue weighted by Crippen LogP contribution is -2.54. The van der Waals surface area contributed by atoms with E-state index in [-0.39, 0.29) is 0 Å². The molecule has 4 heterocycles. The second-order valence-corrected chi connectivity index (χ2v) is 9.66. The Morgan fingerprint density at radius 1 is 1.09 bits per heavy atom. The lowest BCUT2D eigenvalue weighted by Gasteiger charge is -2.37. The lowest BCUT2D eigenvalue weighted by atomic mass is 9.75. The number of alkyl halides is 3. The van der Waals surface area contributed by atoms with Crippen molar-refractivity contribution >= 4 is 40.7 Å². The first-order chi connectivity index (χ1) is 16.1. The molecule has 4 unspecified atom stereocenters. The maximum absolute atomic E-state index is 13.9. The predicted molar refractivity (Wildman–Crippen MR) is 117 cm³/mol. The smallest absolute Gasteiger partial charge is 0.324 e. The van der Waals surface area contributed by atoms with E-state index in [4.69, 9.17) is 11.6 Å². The van der Waals surface area contributed by atoms with Crippen molar-refractivity contribution in [3.63, 3.8) is 0 Å². The second kappa shape index (κ2) is 6.82. The van der Waals surface area contributed by atoms with Crippen molar-refractivity contribution in [3.05, 3.63) is 58.1 Å². The van der Waals surface area contributed by atoms with Crippen LogP contribution in [0.2, 0.25) is 5.02 Å². The van der Waals surface area contributed by atoms with Gasteiger partial charge in [0, 0.05) is 16.6 Å². The molecule has 3 saturated heterocycles. The normalized spacial score (nSPS) is 30.2. The summed E-state index contributed by atoms with van der Waals surface area (Å²) in [5.74, 6) is -3.96. The Bertz CT molecular complexity index is 1300. The molecule has 3 fully saturated rings. The molecule has 3 amide bonds. The number of carbonyl (C=O) groups excluding carboxylic acids is 3. The van der Waals surface area contributed by atoms with Crippen molar-refractivity contribution in [1.29, 1.82) is 0 Å². The molecular formula is C24H19ClF3N3O3. The van der Waals surface area contributed by atoms with E-state index in [9.17, 15) is 27.6 Å². The van der Waals surface area contributed by atoms with E-state index in [2.05, 4.69) is 5.32 Å². The molecule has 2 aromatic rings. The Morgan fingerprint density at radius 3 is 2.56 bits per heavy atom. The molecule has 6 rings (SSSR count). The van der Waals surface area contributed by atoms with Crippen LogP contribution < -0.4 is 10.2 Å².